The van der Waals surface area contributed by atoms with Crippen LogP contribution in [0.3, 0.4) is 0 Å². The Labute approximate surface area is 212 Å². The molecule has 1 N–H and O–H groups in total. The molecule has 0 unspecified atom stereocenters. The minimum absolute atomic E-state index is 0.168. The van der Waals surface area contributed by atoms with Crippen LogP contribution >= 0.6 is 11.6 Å². The number of piperidine rings is 1. The van der Waals surface area contributed by atoms with Crippen molar-refractivity contribution >= 4 is 23.3 Å². The van der Waals surface area contributed by atoms with Gasteiger partial charge in [0.25, 0.3) is 0 Å². The summed E-state index contributed by atoms with van der Waals surface area (Å²) in [6, 6.07) is 24.0. The average Bonchev–Trinajstić information content (AvgIpc) is 2.88. The fraction of sp³-hybridized carbons (Fsp3) is 0.345. The normalized spacial score (nSPS) is 14.6. The lowest BCUT2D eigenvalue weighted by Gasteiger charge is -2.32. The van der Waals surface area contributed by atoms with Gasteiger partial charge in [-0.2, -0.15) is 0 Å². The van der Waals surface area contributed by atoms with Crippen LogP contribution in [-0.4, -0.2) is 42.0 Å². The maximum Gasteiger partial charge on any atom is 0.322 e. The first kappa shape index (κ1) is 25.2. The molecule has 1 aliphatic heterocycles. The average molecular weight is 494 g/mol. The first-order valence-corrected chi connectivity index (χ1v) is 12.8. The van der Waals surface area contributed by atoms with E-state index in [-0.39, 0.29) is 11.8 Å². The van der Waals surface area contributed by atoms with E-state index in [1.165, 1.54) is 30.5 Å². The predicted molar refractivity (Wildman–Crippen MR) is 141 cm³/mol. The van der Waals surface area contributed by atoms with Gasteiger partial charge in [0.15, 0.2) is 0 Å². The van der Waals surface area contributed by atoms with Gasteiger partial charge in [0.2, 0.25) is 0 Å². The molecule has 0 saturated carbocycles. The van der Waals surface area contributed by atoms with E-state index >= 15 is 0 Å². The first-order chi connectivity index (χ1) is 17.0. The van der Waals surface area contributed by atoms with E-state index in [0.29, 0.717) is 23.8 Å². The molecule has 3 aromatic carbocycles. The number of carbonyl (C=O) groups is 1. The van der Waals surface area contributed by atoms with Crippen LogP contribution in [0.15, 0.2) is 78.9 Å². The highest BCUT2D eigenvalue weighted by molar-refractivity contribution is 6.30. The van der Waals surface area contributed by atoms with Crippen molar-refractivity contribution in [2.45, 2.75) is 32.2 Å². The van der Waals surface area contributed by atoms with Gasteiger partial charge < -0.3 is 15.1 Å². The molecule has 1 fully saturated rings. The molecule has 4 rings (SSSR count). The van der Waals surface area contributed by atoms with Gasteiger partial charge in [-0.1, -0.05) is 54.1 Å². The van der Waals surface area contributed by atoms with Crippen molar-refractivity contribution in [3.05, 3.63) is 101 Å². The number of nitrogens with one attached hydrogen (secondary N) is 1. The van der Waals surface area contributed by atoms with Gasteiger partial charge in [-0.05, 0) is 98.8 Å². The predicted octanol–water partition coefficient (Wildman–Crippen LogP) is 6.86. The highest BCUT2D eigenvalue weighted by Gasteiger charge is 2.20. The highest BCUT2D eigenvalue weighted by Crippen LogP contribution is 2.22. The van der Waals surface area contributed by atoms with Crippen LogP contribution in [0.5, 0.6) is 0 Å². The Kier molecular flexibility index (Phi) is 9.15. The van der Waals surface area contributed by atoms with E-state index in [2.05, 4.69) is 40.5 Å². The van der Waals surface area contributed by atoms with E-state index in [9.17, 15) is 9.18 Å². The maximum absolute atomic E-state index is 13.4. The lowest BCUT2D eigenvalue weighted by molar-refractivity contribution is 0.170. The Morgan fingerprint density at radius 3 is 2.31 bits per heavy atom. The molecular formula is C29H33ClFN3O. The van der Waals surface area contributed by atoms with E-state index in [1.54, 1.807) is 41.3 Å². The summed E-state index contributed by atoms with van der Waals surface area (Å²) in [6.07, 6.45) is 4.47. The van der Waals surface area contributed by atoms with Gasteiger partial charge in [-0.3, -0.25) is 0 Å². The standard InChI is InChI=1S/C29H33ClFN3O/c30-26-9-13-28(14-10-26)32-29(35)34(22-25-7-11-27(31)12-8-25)18-4-17-33-19-15-24(16-20-33)21-23-5-2-1-3-6-23/h1-3,5-14,24H,4,15-22H2,(H,32,35). The minimum atomic E-state index is -0.276. The second-order valence-electron chi connectivity index (χ2n) is 9.31. The quantitative estimate of drug-likeness (QED) is 0.353. The van der Waals surface area contributed by atoms with Crippen molar-refractivity contribution in [3.8, 4) is 0 Å². The highest BCUT2D eigenvalue weighted by atomic mass is 35.5. The van der Waals surface area contributed by atoms with Crippen LogP contribution in [0, 0.1) is 11.7 Å². The van der Waals surface area contributed by atoms with Gasteiger partial charge in [0.05, 0.1) is 0 Å². The number of urea groups is 1. The zero-order valence-corrected chi connectivity index (χ0v) is 20.8. The van der Waals surface area contributed by atoms with Crippen LogP contribution < -0.4 is 5.32 Å². The third kappa shape index (κ3) is 8.08. The van der Waals surface area contributed by atoms with Gasteiger partial charge in [-0.15, -0.1) is 0 Å². The van der Waals surface area contributed by atoms with E-state index in [0.717, 1.165) is 44.0 Å². The Hall–Kier alpha value is -2.89. The molecule has 35 heavy (non-hydrogen) atoms. The summed E-state index contributed by atoms with van der Waals surface area (Å²) >= 11 is 5.96. The second-order valence-corrected chi connectivity index (χ2v) is 9.75. The number of carbonyl (C=O) groups excluding carboxylic acids is 1. The smallest absolute Gasteiger partial charge is 0.320 e. The second kappa shape index (κ2) is 12.7. The summed E-state index contributed by atoms with van der Waals surface area (Å²) in [6.45, 7) is 4.23. The molecule has 0 aliphatic carbocycles. The van der Waals surface area contributed by atoms with Gasteiger partial charge in [0, 0.05) is 23.8 Å². The number of amides is 2. The number of hydrogen-bond donors (Lipinski definition) is 1. The van der Waals surface area contributed by atoms with Crippen molar-refractivity contribution in [1.29, 1.82) is 0 Å². The number of rotatable bonds is 9. The zero-order chi connectivity index (χ0) is 24.5. The lowest BCUT2D eigenvalue weighted by Crippen LogP contribution is -2.39. The molecule has 0 aromatic heterocycles. The molecule has 0 atom stereocenters. The summed E-state index contributed by atoms with van der Waals surface area (Å²) in [4.78, 5) is 17.4. The molecule has 1 heterocycles. The fourth-order valence-corrected chi connectivity index (χ4v) is 4.77. The topological polar surface area (TPSA) is 35.6 Å². The molecule has 6 heteroatoms. The van der Waals surface area contributed by atoms with Crippen molar-refractivity contribution in [2.75, 3.05) is 31.5 Å². The molecule has 3 aromatic rings. The van der Waals surface area contributed by atoms with Crippen LogP contribution in [0.25, 0.3) is 0 Å². The van der Waals surface area contributed by atoms with E-state index in [1.807, 2.05) is 0 Å². The van der Waals surface area contributed by atoms with Crippen molar-refractivity contribution in [2.24, 2.45) is 5.92 Å². The molecule has 0 bridgehead atoms. The van der Waals surface area contributed by atoms with E-state index < -0.39 is 0 Å². The first-order valence-electron chi connectivity index (χ1n) is 12.4. The van der Waals surface area contributed by atoms with Crippen LogP contribution in [0.4, 0.5) is 14.9 Å². The number of likely N-dealkylation sites (tertiary alicyclic amines) is 1. The Bertz CT molecular complexity index is 1050. The molecule has 0 radical (unpaired) electrons. The van der Waals surface area contributed by atoms with Crippen LogP contribution in [-0.2, 0) is 13.0 Å². The zero-order valence-electron chi connectivity index (χ0n) is 20.0. The Balaban J connectivity index is 1.28. The van der Waals surface area contributed by atoms with Gasteiger partial charge in [0.1, 0.15) is 5.82 Å². The van der Waals surface area contributed by atoms with Crippen molar-refractivity contribution in [3.63, 3.8) is 0 Å². The van der Waals surface area contributed by atoms with Crippen LogP contribution in [0.1, 0.15) is 30.4 Å². The summed E-state index contributed by atoms with van der Waals surface area (Å²) in [5.41, 5.74) is 3.03. The van der Waals surface area contributed by atoms with Crippen LogP contribution in [0.2, 0.25) is 5.02 Å². The Morgan fingerprint density at radius 1 is 0.943 bits per heavy atom. The van der Waals surface area contributed by atoms with Gasteiger partial charge >= 0.3 is 6.03 Å². The number of nitrogens with zero attached hydrogens (tertiary/aromatic N) is 2. The van der Waals surface area contributed by atoms with Crippen molar-refractivity contribution < 1.29 is 9.18 Å². The monoisotopic (exact) mass is 493 g/mol. The summed E-state index contributed by atoms with van der Waals surface area (Å²) in [7, 11) is 0. The number of hydrogen-bond acceptors (Lipinski definition) is 2. The summed E-state index contributed by atoms with van der Waals surface area (Å²) in [5, 5.41) is 3.58. The van der Waals surface area contributed by atoms with Crippen molar-refractivity contribution in [1.82, 2.24) is 9.80 Å². The molecular weight excluding hydrogens is 461 g/mol. The molecule has 4 nitrogen and oxygen atoms in total. The molecule has 1 aliphatic rings. The number of benzene rings is 3. The van der Waals surface area contributed by atoms with E-state index in [4.69, 9.17) is 11.6 Å². The third-order valence-electron chi connectivity index (χ3n) is 6.65. The minimum Gasteiger partial charge on any atom is -0.320 e. The molecule has 2 amide bonds. The number of halogens is 2. The van der Waals surface area contributed by atoms with Gasteiger partial charge in [-0.25, -0.2) is 9.18 Å². The maximum atomic E-state index is 13.4. The molecule has 1 saturated heterocycles. The molecule has 184 valence electrons. The third-order valence-corrected chi connectivity index (χ3v) is 6.90. The Morgan fingerprint density at radius 2 is 1.63 bits per heavy atom. The summed E-state index contributed by atoms with van der Waals surface area (Å²) < 4.78 is 13.4. The fourth-order valence-electron chi connectivity index (χ4n) is 4.65. The largest absolute Gasteiger partial charge is 0.322 e. The number of anilines is 1. The molecule has 0 spiro atoms. The lowest BCUT2D eigenvalue weighted by atomic mass is 9.90. The SMILES string of the molecule is O=C(Nc1ccc(Cl)cc1)N(CCCN1CCC(Cc2ccccc2)CC1)Cc1ccc(F)cc1. The summed E-state index contributed by atoms with van der Waals surface area (Å²) in [5.74, 6) is 0.468.